The van der Waals surface area contributed by atoms with E-state index in [0.29, 0.717) is 0 Å². The average molecular weight is 297 g/mol. The first-order chi connectivity index (χ1) is 10.7. The van der Waals surface area contributed by atoms with Crippen molar-refractivity contribution < 1.29 is 9.13 Å². The molecule has 3 rings (SSSR count). The van der Waals surface area contributed by atoms with Crippen molar-refractivity contribution in [1.29, 1.82) is 0 Å². The van der Waals surface area contributed by atoms with Gasteiger partial charge in [0.25, 0.3) is 0 Å². The molecule has 0 radical (unpaired) electrons. The van der Waals surface area contributed by atoms with Gasteiger partial charge in [-0.05, 0) is 56.2 Å². The first-order valence-corrected chi connectivity index (χ1v) is 7.66. The van der Waals surface area contributed by atoms with Crippen LogP contribution in [0, 0.1) is 12.7 Å². The molecule has 0 aliphatic heterocycles. The maximum atomic E-state index is 13.2. The number of fused-ring (bicyclic) bond motifs is 1. The number of hydrogen-bond acceptors (Lipinski definition) is 1. The Morgan fingerprint density at radius 3 is 2.64 bits per heavy atom. The SMILES string of the molecule is Cc1ccc(OCCCCn2ccc3cc(F)ccc32)cc1. The number of aromatic nitrogens is 1. The van der Waals surface area contributed by atoms with E-state index in [-0.39, 0.29) is 5.82 Å². The molecule has 1 heterocycles. The van der Waals surface area contributed by atoms with Crippen LogP contribution in [0.3, 0.4) is 0 Å². The van der Waals surface area contributed by atoms with Crippen LogP contribution < -0.4 is 4.74 Å². The molecule has 0 bridgehead atoms. The predicted octanol–water partition coefficient (Wildman–Crippen LogP) is 4.95. The molecule has 0 amide bonds. The highest BCUT2D eigenvalue weighted by molar-refractivity contribution is 5.80. The minimum atomic E-state index is -0.184. The van der Waals surface area contributed by atoms with Crippen LogP contribution in [0.2, 0.25) is 0 Å². The van der Waals surface area contributed by atoms with Crippen LogP contribution in [-0.4, -0.2) is 11.2 Å². The molecule has 22 heavy (non-hydrogen) atoms. The summed E-state index contributed by atoms with van der Waals surface area (Å²) < 4.78 is 21.1. The quantitative estimate of drug-likeness (QED) is 0.587. The second-order valence-electron chi connectivity index (χ2n) is 5.58. The largest absolute Gasteiger partial charge is 0.494 e. The number of ether oxygens (including phenoxy) is 1. The van der Waals surface area contributed by atoms with Crippen molar-refractivity contribution in [2.24, 2.45) is 0 Å². The highest BCUT2D eigenvalue weighted by atomic mass is 19.1. The molecular formula is C19H20FNO. The molecule has 2 nitrogen and oxygen atoms in total. The standard InChI is InChI=1S/C19H20FNO/c1-15-4-7-18(8-5-15)22-13-3-2-11-21-12-10-16-14-17(20)6-9-19(16)21/h4-10,12,14H,2-3,11,13H2,1H3. The molecule has 0 spiro atoms. The Hall–Kier alpha value is -2.29. The number of nitrogens with zero attached hydrogens (tertiary/aromatic N) is 1. The molecule has 0 unspecified atom stereocenters. The first kappa shape index (κ1) is 14.6. The Labute approximate surface area is 130 Å². The van der Waals surface area contributed by atoms with E-state index < -0.39 is 0 Å². The second-order valence-corrected chi connectivity index (χ2v) is 5.58. The summed E-state index contributed by atoms with van der Waals surface area (Å²) in [5.41, 5.74) is 2.32. The van der Waals surface area contributed by atoms with Crippen molar-refractivity contribution in [2.75, 3.05) is 6.61 Å². The van der Waals surface area contributed by atoms with E-state index in [9.17, 15) is 4.39 Å². The summed E-state index contributed by atoms with van der Waals surface area (Å²) in [6, 6.07) is 15.0. The lowest BCUT2D eigenvalue weighted by Crippen LogP contribution is -2.01. The third kappa shape index (κ3) is 3.48. The monoisotopic (exact) mass is 297 g/mol. The van der Waals surface area contributed by atoms with Gasteiger partial charge in [0, 0.05) is 23.6 Å². The lowest BCUT2D eigenvalue weighted by molar-refractivity contribution is 0.303. The van der Waals surface area contributed by atoms with E-state index >= 15 is 0 Å². The Morgan fingerprint density at radius 2 is 1.82 bits per heavy atom. The van der Waals surface area contributed by atoms with Crippen LogP contribution in [0.5, 0.6) is 5.75 Å². The summed E-state index contributed by atoms with van der Waals surface area (Å²) in [5, 5.41) is 0.955. The normalized spacial score (nSPS) is 11.0. The molecule has 1 aromatic heterocycles. The van der Waals surface area contributed by atoms with Crippen LogP contribution in [0.15, 0.2) is 54.7 Å². The minimum absolute atomic E-state index is 0.184. The summed E-state index contributed by atoms with van der Waals surface area (Å²) in [4.78, 5) is 0. The molecule has 0 aliphatic carbocycles. The summed E-state index contributed by atoms with van der Waals surface area (Å²) >= 11 is 0. The van der Waals surface area contributed by atoms with Crippen molar-refractivity contribution in [3.8, 4) is 5.75 Å². The Kier molecular flexibility index (Phi) is 4.42. The van der Waals surface area contributed by atoms with Gasteiger partial charge in [0.05, 0.1) is 6.61 Å². The molecule has 0 aliphatic rings. The van der Waals surface area contributed by atoms with Gasteiger partial charge in [-0.15, -0.1) is 0 Å². The zero-order chi connectivity index (χ0) is 15.4. The fourth-order valence-electron chi connectivity index (χ4n) is 2.57. The first-order valence-electron chi connectivity index (χ1n) is 7.66. The van der Waals surface area contributed by atoms with Crippen molar-refractivity contribution in [2.45, 2.75) is 26.3 Å². The summed E-state index contributed by atoms with van der Waals surface area (Å²) in [6.07, 6.45) is 4.05. The van der Waals surface area contributed by atoms with Crippen molar-refractivity contribution in [3.63, 3.8) is 0 Å². The van der Waals surface area contributed by atoms with Gasteiger partial charge in [-0.3, -0.25) is 0 Å². The van der Waals surface area contributed by atoms with E-state index in [4.69, 9.17) is 4.74 Å². The summed E-state index contributed by atoms with van der Waals surface area (Å²) in [7, 11) is 0. The van der Waals surface area contributed by atoms with Crippen LogP contribution in [0.4, 0.5) is 4.39 Å². The maximum Gasteiger partial charge on any atom is 0.123 e. The van der Waals surface area contributed by atoms with E-state index in [0.717, 1.165) is 42.6 Å². The number of unbranched alkanes of at least 4 members (excludes halogenated alkanes) is 1. The van der Waals surface area contributed by atoms with Gasteiger partial charge in [-0.2, -0.15) is 0 Å². The molecule has 114 valence electrons. The number of rotatable bonds is 6. The lowest BCUT2D eigenvalue weighted by Gasteiger charge is -2.08. The van der Waals surface area contributed by atoms with E-state index in [1.54, 1.807) is 6.07 Å². The fourth-order valence-corrected chi connectivity index (χ4v) is 2.57. The molecule has 0 saturated heterocycles. The zero-order valence-electron chi connectivity index (χ0n) is 12.8. The van der Waals surface area contributed by atoms with Crippen LogP contribution in [0.1, 0.15) is 18.4 Å². The van der Waals surface area contributed by atoms with Crippen LogP contribution in [0.25, 0.3) is 10.9 Å². The fraction of sp³-hybridized carbons (Fsp3) is 0.263. The number of aryl methyl sites for hydroxylation is 2. The average Bonchev–Trinajstić information content (AvgIpc) is 2.91. The molecule has 3 heteroatoms. The van der Waals surface area contributed by atoms with Gasteiger partial charge < -0.3 is 9.30 Å². The van der Waals surface area contributed by atoms with E-state index in [1.807, 2.05) is 30.5 Å². The van der Waals surface area contributed by atoms with Gasteiger partial charge in [-0.25, -0.2) is 4.39 Å². The summed E-state index contributed by atoms with van der Waals surface area (Å²) in [5.74, 6) is 0.740. The lowest BCUT2D eigenvalue weighted by atomic mass is 10.2. The van der Waals surface area contributed by atoms with Gasteiger partial charge in [0.1, 0.15) is 11.6 Å². The third-order valence-electron chi connectivity index (χ3n) is 3.82. The topological polar surface area (TPSA) is 14.2 Å². The number of benzene rings is 2. The van der Waals surface area contributed by atoms with Crippen molar-refractivity contribution >= 4 is 10.9 Å². The van der Waals surface area contributed by atoms with E-state index in [1.165, 1.54) is 11.6 Å². The zero-order valence-corrected chi connectivity index (χ0v) is 12.8. The highest BCUT2D eigenvalue weighted by Crippen LogP contribution is 2.18. The Morgan fingerprint density at radius 1 is 1.00 bits per heavy atom. The Balaban J connectivity index is 1.47. The van der Waals surface area contributed by atoms with E-state index in [2.05, 4.69) is 23.6 Å². The molecule has 0 atom stereocenters. The van der Waals surface area contributed by atoms with Crippen molar-refractivity contribution in [1.82, 2.24) is 4.57 Å². The number of halogens is 1. The predicted molar refractivity (Wildman–Crippen MR) is 87.8 cm³/mol. The molecule has 0 fully saturated rings. The van der Waals surface area contributed by atoms with Crippen LogP contribution in [-0.2, 0) is 6.54 Å². The second kappa shape index (κ2) is 6.65. The van der Waals surface area contributed by atoms with Crippen molar-refractivity contribution in [3.05, 3.63) is 66.1 Å². The molecule has 0 saturated carbocycles. The maximum absolute atomic E-state index is 13.2. The van der Waals surface area contributed by atoms with Gasteiger partial charge in [0.2, 0.25) is 0 Å². The van der Waals surface area contributed by atoms with Gasteiger partial charge in [-0.1, -0.05) is 17.7 Å². The molecule has 2 aromatic carbocycles. The Bertz CT molecular complexity index is 746. The number of hydrogen-bond donors (Lipinski definition) is 0. The smallest absolute Gasteiger partial charge is 0.123 e. The molecular weight excluding hydrogens is 277 g/mol. The van der Waals surface area contributed by atoms with Gasteiger partial charge in [0.15, 0.2) is 0 Å². The van der Waals surface area contributed by atoms with Gasteiger partial charge >= 0.3 is 0 Å². The summed E-state index contributed by atoms with van der Waals surface area (Å²) in [6.45, 7) is 3.71. The highest BCUT2D eigenvalue weighted by Gasteiger charge is 2.02. The third-order valence-corrected chi connectivity index (χ3v) is 3.82. The molecule has 0 N–H and O–H groups in total. The molecule has 3 aromatic rings. The minimum Gasteiger partial charge on any atom is -0.494 e. The van der Waals surface area contributed by atoms with Crippen LogP contribution >= 0.6 is 0 Å².